The first kappa shape index (κ1) is 17.6. The van der Waals surface area contributed by atoms with Crippen LogP contribution in [0.25, 0.3) is 5.65 Å². The van der Waals surface area contributed by atoms with E-state index in [2.05, 4.69) is 15.0 Å². The number of benzene rings is 1. The minimum atomic E-state index is -0.896. The highest BCUT2D eigenvalue weighted by Crippen LogP contribution is 2.16. The molecule has 1 aliphatic heterocycles. The van der Waals surface area contributed by atoms with Crippen molar-refractivity contribution < 1.29 is 14.6 Å². The van der Waals surface area contributed by atoms with Gasteiger partial charge in [-0.15, -0.1) is 0 Å². The Morgan fingerprint density at radius 3 is 2.89 bits per heavy atom. The van der Waals surface area contributed by atoms with E-state index in [9.17, 15) is 4.79 Å². The average Bonchev–Trinajstić information content (AvgIpc) is 3.02. The van der Waals surface area contributed by atoms with Crippen LogP contribution in [0, 0.1) is 5.92 Å². The van der Waals surface area contributed by atoms with Gasteiger partial charge in [0, 0.05) is 37.9 Å². The molecule has 140 valence electrons. The number of hydrogen-bond donors (Lipinski definition) is 1. The summed E-state index contributed by atoms with van der Waals surface area (Å²) in [6, 6.07) is 11.1. The van der Waals surface area contributed by atoms with Crippen LogP contribution in [-0.4, -0.2) is 56.9 Å². The van der Waals surface area contributed by atoms with Gasteiger partial charge in [0.1, 0.15) is 0 Å². The van der Waals surface area contributed by atoms with Gasteiger partial charge in [-0.05, 0) is 36.2 Å². The molecule has 27 heavy (non-hydrogen) atoms. The summed E-state index contributed by atoms with van der Waals surface area (Å²) in [6.07, 6.45) is 4.45. The van der Waals surface area contributed by atoms with Gasteiger partial charge in [-0.25, -0.2) is 14.3 Å². The molecule has 1 saturated heterocycles. The summed E-state index contributed by atoms with van der Waals surface area (Å²) < 4.78 is 7.60. The van der Waals surface area contributed by atoms with Crippen molar-refractivity contribution in [3.8, 4) is 0 Å². The van der Waals surface area contributed by atoms with Gasteiger partial charge in [0.2, 0.25) is 0 Å². The van der Waals surface area contributed by atoms with Gasteiger partial charge in [0.25, 0.3) is 0 Å². The van der Waals surface area contributed by atoms with Gasteiger partial charge in [-0.1, -0.05) is 12.1 Å². The summed E-state index contributed by atoms with van der Waals surface area (Å²) in [6.45, 7) is 4.00. The molecule has 4 rings (SSSR count). The minimum absolute atomic E-state index is 0.316. The standard InChI is InChI=1S/C20H22N4O3/c25-20(26)17-3-1-15(2-4-17)12-23-9-10-27-14-16(13-23)11-18-5-6-19-21-7-8-24(19)22-18/h1-8,16H,9-14H2,(H,25,26). The summed E-state index contributed by atoms with van der Waals surface area (Å²) in [5.74, 6) is -0.536. The number of aromatic carboxylic acids is 1. The number of rotatable bonds is 5. The molecule has 3 aromatic rings. The highest BCUT2D eigenvalue weighted by molar-refractivity contribution is 5.87. The van der Waals surface area contributed by atoms with E-state index in [1.807, 2.05) is 30.5 Å². The Morgan fingerprint density at radius 2 is 2.07 bits per heavy atom. The van der Waals surface area contributed by atoms with Crippen LogP contribution in [0.15, 0.2) is 48.8 Å². The van der Waals surface area contributed by atoms with Crippen molar-refractivity contribution in [1.82, 2.24) is 19.5 Å². The van der Waals surface area contributed by atoms with Gasteiger partial charge in [-0.2, -0.15) is 5.10 Å². The van der Waals surface area contributed by atoms with Crippen LogP contribution in [0.4, 0.5) is 0 Å². The highest BCUT2D eigenvalue weighted by Gasteiger charge is 2.20. The first-order chi connectivity index (χ1) is 13.2. The zero-order valence-electron chi connectivity index (χ0n) is 15.0. The maximum Gasteiger partial charge on any atom is 0.335 e. The fraction of sp³-hybridized carbons (Fsp3) is 0.350. The van der Waals surface area contributed by atoms with Crippen molar-refractivity contribution in [3.63, 3.8) is 0 Å². The lowest BCUT2D eigenvalue weighted by Crippen LogP contribution is -2.30. The molecule has 0 radical (unpaired) electrons. The number of nitrogens with zero attached hydrogens (tertiary/aromatic N) is 4. The number of fused-ring (bicyclic) bond motifs is 1. The van der Waals surface area contributed by atoms with E-state index < -0.39 is 5.97 Å². The summed E-state index contributed by atoms with van der Waals surface area (Å²) >= 11 is 0. The lowest BCUT2D eigenvalue weighted by molar-refractivity contribution is 0.0697. The van der Waals surface area contributed by atoms with E-state index in [0.29, 0.717) is 18.1 Å². The summed E-state index contributed by atoms with van der Waals surface area (Å²) in [4.78, 5) is 17.6. The number of ether oxygens (including phenoxy) is 1. The molecule has 0 amide bonds. The molecule has 1 N–H and O–H groups in total. The second kappa shape index (κ2) is 7.85. The van der Waals surface area contributed by atoms with Crippen molar-refractivity contribution in [2.45, 2.75) is 13.0 Å². The van der Waals surface area contributed by atoms with Crippen LogP contribution < -0.4 is 0 Å². The van der Waals surface area contributed by atoms with E-state index in [1.54, 1.807) is 22.8 Å². The molecule has 1 atom stereocenters. The van der Waals surface area contributed by atoms with Gasteiger partial charge >= 0.3 is 5.97 Å². The van der Waals surface area contributed by atoms with Crippen LogP contribution in [0.2, 0.25) is 0 Å². The SMILES string of the molecule is O=C(O)c1ccc(CN2CCOCC(Cc3ccc4nccn4n3)C2)cc1. The third-order valence-corrected chi connectivity index (χ3v) is 4.84. The molecule has 1 aliphatic rings. The molecule has 0 saturated carbocycles. The Balaban J connectivity index is 1.41. The van der Waals surface area contributed by atoms with E-state index in [4.69, 9.17) is 9.84 Å². The van der Waals surface area contributed by atoms with Crippen molar-refractivity contribution >= 4 is 11.6 Å². The average molecular weight is 366 g/mol. The van der Waals surface area contributed by atoms with Crippen LogP contribution >= 0.6 is 0 Å². The first-order valence-electron chi connectivity index (χ1n) is 9.09. The lowest BCUT2D eigenvalue weighted by atomic mass is 10.0. The van der Waals surface area contributed by atoms with Gasteiger partial charge in [0.15, 0.2) is 5.65 Å². The van der Waals surface area contributed by atoms with Crippen molar-refractivity contribution in [2.75, 3.05) is 26.3 Å². The van der Waals surface area contributed by atoms with Gasteiger partial charge in [0.05, 0.1) is 24.5 Å². The van der Waals surface area contributed by atoms with Gasteiger partial charge < -0.3 is 9.84 Å². The number of aromatic nitrogens is 3. The van der Waals surface area contributed by atoms with Crippen LogP contribution in [0.5, 0.6) is 0 Å². The quantitative estimate of drug-likeness (QED) is 0.745. The maximum atomic E-state index is 11.0. The monoisotopic (exact) mass is 366 g/mol. The smallest absolute Gasteiger partial charge is 0.335 e. The largest absolute Gasteiger partial charge is 0.478 e. The van der Waals surface area contributed by atoms with Crippen molar-refractivity contribution in [1.29, 1.82) is 0 Å². The molecule has 2 aromatic heterocycles. The van der Waals surface area contributed by atoms with E-state index in [-0.39, 0.29) is 0 Å². The zero-order chi connectivity index (χ0) is 18.6. The molecule has 7 nitrogen and oxygen atoms in total. The second-order valence-corrected chi connectivity index (χ2v) is 6.94. The normalized spacial score (nSPS) is 18.4. The molecule has 0 spiro atoms. The molecule has 1 aromatic carbocycles. The Hall–Kier alpha value is -2.77. The molecule has 1 unspecified atom stereocenters. The molecule has 0 bridgehead atoms. The third-order valence-electron chi connectivity index (χ3n) is 4.84. The fourth-order valence-electron chi connectivity index (χ4n) is 3.49. The van der Waals surface area contributed by atoms with E-state index in [0.717, 1.165) is 49.6 Å². The van der Waals surface area contributed by atoms with E-state index >= 15 is 0 Å². The predicted molar refractivity (Wildman–Crippen MR) is 99.7 cm³/mol. The second-order valence-electron chi connectivity index (χ2n) is 6.94. The number of hydrogen-bond acceptors (Lipinski definition) is 5. The summed E-state index contributed by atoms with van der Waals surface area (Å²) in [5, 5.41) is 13.6. The molecular weight excluding hydrogens is 344 g/mol. The fourth-order valence-corrected chi connectivity index (χ4v) is 3.49. The third kappa shape index (κ3) is 4.32. The highest BCUT2D eigenvalue weighted by atomic mass is 16.5. The number of carbonyl (C=O) groups is 1. The van der Waals surface area contributed by atoms with Crippen molar-refractivity contribution in [2.24, 2.45) is 5.92 Å². The summed E-state index contributed by atoms with van der Waals surface area (Å²) in [5.41, 5.74) is 3.31. The molecular formula is C20H22N4O3. The molecule has 7 heteroatoms. The number of imidazole rings is 1. The molecule has 3 heterocycles. The van der Waals surface area contributed by atoms with Crippen molar-refractivity contribution in [3.05, 3.63) is 65.6 Å². The topological polar surface area (TPSA) is 80.0 Å². The maximum absolute atomic E-state index is 11.0. The summed E-state index contributed by atoms with van der Waals surface area (Å²) in [7, 11) is 0. The molecule has 1 fully saturated rings. The van der Waals surface area contributed by atoms with Gasteiger partial charge in [-0.3, -0.25) is 4.90 Å². The Kier molecular flexibility index (Phi) is 5.13. The van der Waals surface area contributed by atoms with Crippen LogP contribution in [-0.2, 0) is 17.7 Å². The number of carboxylic acid groups (broad SMARTS) is 1. The minimum Gasteiger partial charge on any atom is -0.478 e. The first-order valence-corrected chi connectivity index (χ1v) is 9.09. The van der Waals surface area contributed by atoms with Crippen LogP contribution in [0.1, 0.15) is 21.6 Å². The number of carboxylic acids is 1. The van der Waals surface area contributed by atoms with E-state index in [1.165, 1.54) is 0 Å². The molecule has 0 aliphatic carbocycles. The Morgan fingerprint density at radius 1 is 1.22 bits per heavy atom. The predicted octanol–water partition coefficient (Wildman–Crippen LogP) is 2.12. The van der Waals surface area contributed by atoms with Crippen LogP contribution in [0.3, 0.4) is 0 Å². The lowest BCUT2D eigenvalue weighted by Gasteiger charge is -2.23. The Bertz CT molecular complexity index is 922. The Labute approximate surface area is 157 Å². The zero-order valence-corrected chi connectivity index (χ0v) is 15.0.